The van der Waals surface area contributed by atoms with E-state index < -0.39 is 0 Å². The minimum Gasteiger partial charge on any atom is -0.341 e. The number of amides is 1. The molecule has 1 N–H and O–H groups in total. The van der Waals surface area contributed by atoms with Crippen molar-refractivity contribution in [2.45, 2.75) is 64.5 Å². The SMILES string of the molecule is CC(NC(C)C1CC1)C(=O)N1CCCCCC1. The van der Waals surface area contributed by atoms with Crippen LogP contribution in [-0.2, 0) is 4.79 Å². The van der Waals surface area contributed by atoms with Crippen molar-refractivity contribution in [3.05, 3.63) is 0 Å². The minimum atomic E-state index is -0.0105. The number of rotatable bonds is 4. The summed E-state index contributed by atoms with van der Waals surface area (Å²) in [6.45, 7) is 6.15. The number of nitrogens with one attached hydrogen (secondary N) is 1. The van der Waals surface area contributed by atoms with Crippen LogP contribution in [0.1, 0.15) is 52.4 Å². The number of hydrogen-bond donors (Lipinski definition) is 1. The second-order valence-electron chi connectivity index (χ2n) is 5.75. The van der Waals surface area contributed by atoms with Gasteiger partial charge in [0, 0.05) is 19.1 Å². The molecule has 98 valence electrons. The van der Waals surface area contributed by atoms with E-state index in [1.165, 1.54) is 38.5 Å². The molecule has 2 unspecified atom stereocenters. The normalized spacial score (nSPS) is 25.2. The molecular formula is C14H26N2O. The molecule has 0 aromatic rings. The van der Waals surface area contributed by atoms with E-state index in [1.807, 2.05) is 6.92 Å². The van der Waals surface area contributed by atoms with Crippen LogP contribution in [0.25, 0.3) is 0 Å². The first-order valence-corrected chi connectivity index (χ1v) is 7.23. The molecule has 2 fully saturated rings. The van der Waals surface area contributed by atoms with Crippen LogP contribution < -0.4 is 5.32 Å². The molecule has 1 amide bonds. The van der Waals surface area contributed by atoms with Gasteiger partial charge >= 0.3 is 0 Å². The highest BCUT2D eigenvalue weighted by atomic mass is 16.2. The number of likely N-dealkylation sites (tertiary alicyclic amines) is 1. The van der Waals surface area contributed by atoms with E-state index in [0.29, 0.717) is 11.9 Å². The lowest BCUT2D eigenvalue weighted by atomic mass is 10.1. The first-order chi connectivity index (χ1) is 8.18. The zero-order valence-corrected chi connectivity index (χ0v) is 11.2. The average Bonchev–Trinajstić information content (AvgIpc) is 3.14. The molecule has 1 heterocycles. The van der Waals surface area contributed by atoms with Crippen LogP contribution in [0.3, 0.4) is 0 Å². The molecule has 3 heteroatoms. The molecule has 2 aliphatic rings. The Hall–Kier alpha value is -0.570. The molecule has 0 aromatic carbocycles. The Morgan fingerprint density at radius 2 is 1.71 bits per heavy atom. The molecule has 1 aliphatic heterocycles. The lowest BCUT2D eigenvalue weighted by Crippen LogP contribution is -2.48. The molecule has 1 aliphatic carbocycles. The van der Waals surface area contributed by atoms with Crippen LogP contribution in [0.2, 0.25) is 0 Å². The standard InChI is InChI=1S/C14H26N2O/c1-11(13-7-8-13)15-12(2)14(17)16-9-5-3-4-6-10-16/h11-13,15H,3-10H2,1-2H3. The maximum atomic E-state index is 12.3. The summed E-state index contributed by atoms with van der Waals surface area (Å²) in [6.07, 6.45) is 7.58. The summed E-state index contributed by atoms with van der Waals surface area (Å²) in [5, 5.41) is 3.47. The quantitative estimate of drug-likeness (QED) is 0.814. The molecule has 2 rings (SSSR count). The molecule has 3 nitrogen and oxygen atoms in total. The third-order valence-corrected chi connectivity index (χ3v) is 4.13. The van der Waals surface area contributed by atoms with E-state index >= 15 is 0 Å². The van der Waals surface area contributed by atoms with E-state index in [9.17, 15) is 4.79 Å². The summed E-state index contributed by atoms with van der Waals surface area (Å²) < 4.78 is 0. The van der Waals surface area contributed by atoms with Crippen molar-refractivity contribution in [2.75, 3.05) is 13.1 Å². The van der Waals surface area contributed by atoms with Crippen molar-refractivity contribution >= 4 is 5.91 Å². The van der Waals surface area contributed by atoms with Gasteiger partial charge in [-0.25, -0.2) is 0 Å². The fraction of sp³-hybridized carbons (Fsp3) is 0.929. The van der Waals surface area contributed by atoms with Gasteiger partial charge in [0.25, 0.3) is 0 Å². The van der Waals surface area contributed by atoms with E-state index in [-0.39, 0.29) is 6.04 Å². The molecule has 0 aromatic heterocycles. The van der Waals surface area contributed by atoms with Gasteiger partial charge in [-0.2, -0.15) is 0 Å². The van der Waals surface area contributed by atoms with Crippen molar-refractivity contribution in [3.63, 3.8) is 0 Å². The van der Waals surface area contributed by atoms with Gasteiger partial charge in [0.15, 0.2) is 0 Å². The van der Waals surface area contributed by atoms with Crippen LogP contribution in [0.5, 0.6) is 0 Å². The van der Waals surface area contributed by atoms with Crippen LogP contribution in [-0.4, -0.2) is 36.0 Å². The topological polar surface area (TPSA) is 32.3 Å². The van der Waals surface area contributed by atoms with Crippen molar-refractivity contribution in [1.82, 2.24) is 10.2 Å². The fourth-order valence-corrected chi connectivity index (χ4v) is 2.76. The van der Waals surface area contributed by atoms with E-state index in [2.05, 4.69) is 17.1 Å². The highest BCUT2D eigenvalue weighted by Gasteiger charge is 2.30. The average molecular weight is 238 g/mol. The van der Waals surface area contributed by atoms with Crippen molar-refractivity contribution in [2.24, 2.45) is 5.92 Å². The van der Waals surface area contributed by atoms with Gasteiger partial charge in [0.1, 0.15) is 0 Å². The van der Waals surface area contributed by atoms with Gasteiger partial charge in [0.05, 0.1) is 6.04 Å². The minimum absolute atomic E-state index is 0.0105. The molecular weight excluding hydrogens is 212 g/mol. The predicted octanol–water partition coefficient (Wildman–Crippen LogP) is 2.17. The van der Waals surface area contributed by atoms with Crippen molar-refractivity contribution < 1.29 is 4.79 Å². The first-order valence-electron chi connectivity index (χ1n) is 7.23. The molecule has 0 bridgehead atoms. The monoisotopic (exact) mass is 238 g/mol. The summed E-state index contributed by atoms with van der Waals surface area (Å²) in [4.78, 5) is 14.4. The number of carbonyl (C=O) groups is 1. The molecule has 1 saturated heterocycles. The Balaban J connectivity index is 1.79. The molecule has 2 atom stereocenters. The largest absolute Gasteiger partial charge is 0.341 e. The zero-order valence-electron chi connectivity index (χ0n) is 11.2. The number of hydrogen-bond acceptors (Lipinski definition) is 2. The summed E-state index contributed by atoms with van der Waals surface area (Å²) in [6, 6.07) is 0.490. The van der Waals surface area contributed by atoms with E-state index in [4.69, 9.17) is 0 Å². The Bertz CT molecular complexity index is 255. The molecule has 1 saturated carbocycles. The van der Waals surface area contributed by atoms with Gasteiger partial charge in [-0.15, -0.1) is 0 Å². The summed E-state index contributed by atoms with van der Waals surface area (Å²) in [7, 11) is 0. The zero-order chi connectivity index (χ0) is 12.3. The Labute approximate surface area is 105 Å². The number of nitrogens with zero attached hydrogens (tertiary/aromatic N) is 1. The molecule has 0 radical (unpaired) electrons. The summed E-state index contributed by atoms with van der Waals surface area (Å²) >= 11 is 0. The molecule has 0 spiro atoms. The fourth-order valence-electron chi connectivity index (χ4n) is 2.76. The lowest BCUT2D eigenvalue weighted by Gasteiger charge is -2.26. The summed E-state index contributed by atoms with van der Waals surface area (Å²) in [5.41, 5.74) is 0. The third kappa shape index (κ3) is 3.70. The van der Waals surface area contributed by atoms with Crippen molar-refractivity contribution in [3.8, 4) is 0 Å². The predicted molar refractivity (Wildman–Crippen MR) is 69.8 cm³/mol. The first kappa shape index (κ1) is 12.9. The second kappa shape index (κ2) is 5.85. The van der Waals surface area contributed by atoms with Gasteiger partial charge in [0.2, 0.25) is 5.91 Å². The van der Waals surface area contributed by atoms with Gasteiger partial charge in [-0.1, -0.05) is 12.8 Å². The van der Waals surface area contributed by atoms with E-state index in [0.717, 1.165) is 19.0 Å². The van der Waals surface area contributed by atoms with Crippen LogP contribution >= 0.6 is 0 Å². The van der Waals surface area contributed by atoms with Crippen molar-refractivity contribution in [1.29, 1.82) is 0 Å². The van der Waals surface area contributed by atoms with Gasteiger partial charge < -0.3 is 10.2 Å². The van der Waals surface area contributed by atoms with Gasteiger partial charge in [-0.05, 0) is 45.4 Å². The lowest BCUT2D eigenvalue weighted by molar-refractivity contribution is -0.133. The van der Waals surface area contributed by atoms with Crippen LogP contribution in [0.15, 0.2) is 0 Å². The smallest absolute Gasteiger partial charge is 0.239 e. The highest BCUT2D eigenvalue weighted by Crippen LogP contribution is 2.32. The second-order valence-corrected chi connectivity index (χ2v) is 5.75. The maximum absolute atomic E-state index is 12.3. The van der Waals surface area contributed by atoms with Crippen LogP contribution in [0, 0.1) is 5.92 Å². The third-order valence-electron chi connectivity index (χ3n) is 4.13. The summed E-state index contributed by atoms with van der Waals surface area (Å²) in [5.74, 6) is 1.12. The molecule has 17 heavy (non-hydrogen) atoms. The number of carbonyl (C=O) groups excluding carboxylic acids is 1. The highest BCUT2D eigenvalue weighted by molar-refractivity contribution is 5.81. The van der Waals surface area contributed by atoms with Gasteiger partial charge in [-0.3, -0.25) is 4.79 Å². The van der Waals surface area contributed by atoms with E-state index in [1.54, 1.807) is 0 Å². The van der Waals surface area contributed by atoms with Crippen LogP contribution in [0.4, 0.5) is 0 Å². The maximum Gasteiger partial charge on any atom is 0.239 e. The Kier molecular flexibility index (Phi) is 4.43. The Morgan fingerprint density at radius 1 is 1.12 bits per heavy atom. The Morgan fingerprint density at radius 3 is 2.24 bits per heavy atom.